The summed E-state index contributed by atoms with van der Waals surface area (Å²) in [6.07, 6.45) is 2.22. The monoisotopic (exact) mass is 273 g/mol. The fourth-order valence-corrected chi connectivity index (χ4v) is 2.03. The van der Waals surface area contributed by atoms with Crippen molar-refractivity contribution in [3.05, 3.63) is 29.8 Å². The Labute approximate surface area is 121 Å². The standard InChI is InChI=1S/C16H23N3O/c1-4-6-11-19(5-2)13(3)16(20)18-15-9-7-14(12-17)8-10-15/h7-10,13H,4-6,11H2,1-3H3,(H,18,20). The van der Waals surface area contributed by atoms with Gasteiger partial charge in [0.25, 0.3) is 0 Å². The molecule has 1 rings (SSSR count). The molecule has 0 spiro atoms. The Morgan fingerprint density at radius 2 is 2.00 bits per heavy atom. The molecule has 0 aromatic heterocycles. The van der Waals surface area contributed by atoms with Gasteiger partial charge in [-0.3, -0.25) is 9.69 Å². The molecule has 1 atom stereocenters. The summed E-state index contributed by atoms with van der Waals surface area (Å²) >= 11 is 0. The molecule has 0 bridgehead atoms. The highest BCUT2D eigenvalue weighted by molar-refractivity contribution is 5.94. The number of carbonyl (C=O) groups excluding carboxylic acids is 1. The Balaban J connectivity index is 2.61. The Morgan fingerprint density at radius 3 is 2.50 bits per heavy atom. The minimum absolute atomic E-state index is 0.00680. The number of likely N-dealkylation sites (N-methyl/N-ethyl adjacent to an activating group) is 1. The first-order chi connectivity index (χ1) is 9.62. The van der Waals surface area contributed by atoms with E-state index in [1.807, 2.05) is 6.92 Å². The average molecular weight is 273 g/mol. The van der Waals surface area contributed by atoms with Crippen LogP contribution in [0.3, 0.4) is 0 Å². The number of unbranched alkanes of at least 4 members (excludes halogenated alkanes) is 1. The Bertz CT molecular complexity index is 462. The first-order valence-electron chi connectivity index (χ1n) is 7.17. The Kier molecular flexibility index (Phi) is 6.75. The summed E-state index contributed by atoms with van der Waals surface area (Å²) in [5.41, 5.74) is 1.32. The molecule has 108 valence electrons. The summed E-state index contributed by atoms with van der Waals surface area (Å²) in [6.45, 7) is 7.95. The molecular weight excluding hydrogens is 250 g/mol. The van der Waals surface area contributed by atoms with Gasteiger partial charge in [-0.05, 0) is 50.7 Å². The number of anilines is 1. The molecule has 0 heterocycles. The van der Waals surface area contributed by atoms with Crippen molar-refractivity contribution in [2.24, 2.45) is 0 Å². The lowest BCUT2D eigenvalue weighted by molar-refractivity contribution is -0.120. The van der Waals surface area contributed by atoms with Crippen molar-refractivity contribution in [1.82, 2.24) is 4.90 Å². The minimum atomic E-state index is -0.151. The molecule has 4 heteroatoms. The van der Waals surface area contributed by atoms with Crippen LogP contribution in [0, 0.1) is 11.3 Å². The van der Waals surface area contributed by atoms with Gasteiger partial charge in [-0.25, -0.2) is 0 Å². The predicted octanol–water partition coefficient (Wildman–Crippen LogP) is 3.01. The van der Waals surface area contributed by atoms with Crippen LogP contribution < -0.4 is 5.32 Å². The molecule has 0 aliphatic carbocycles. The molecule has 1 N–H and O–H groups in total. The fraction of sp³-hybridized carbons (Fsp3) is 0.500. The first-order valence-corrected chi connectivity index (χ1v) is 7.17. The molecular formula is C16H23N3O. The molecule has 1 aromatic carbocycles. The molecule has 1 unspecified atom stereocenters. The van der Waals surface area contributed by atoms with E-state index in [1.54, 1.807) is 24.3 Å². The van der Waals surface area contributed by atoms with Crippen LogP contribution >= 0.6 is 0 Å². The smallest absolute Gasteiger partial charge is 0.241 e. The van der Waals surface area contributed by atoms with E-state index in [9.17, 15) is 4.79 Å². The van der Waals surface area contributed by atoms with Gasteiger partial charge in [-0.1, -0.05) is 20.3 Å². The molecule has 0 radical (unpaired) electrons. The van der Waals surface area contributed by atoms with Crippen LogP contribution in [-0.2, 0) is 4.79 Å². The molecule has 0 fully saturated rings. The number of carbonyl (C=O) groups is 1. The lowest BCUT2D eigenvalue weighted by Crippen LogP contribution is -2.42. The van der Waals surface area contributed by atoms with E-state index in [4.69, 9.17) is 5.26 Å². The zero-order valence-corrected chi connectivity index (χ0v) is 12.5. The maximum atomic E-state index is 12.2. The van der Waals surface area contributed by atoms with Gasteiger partial charge in [-0.2, -0.15) is 5.26 Å². The number of rotatable bonds is 7. The molecule has 0 aliphatic heterocycles. The highest BCUT2D eigenvalue weighted by Crippen LogP contribution is 2.11. The van der Waals surface area contributed by atoms with Gasteiger partial charge >= 0.3 is 0 Å². The zero-order valence-electron chi connectivity index (χ0n) is 12.5. The van der Waals surface area contributed by atoms with Crippen LogP contribution in [-0.4, -0.2) is 29.9 Å². The van der Waals surface area contributed by atoms with Crippen molar-refractivity contribution in [1.29, 1.82) is 5.26 Å². The third-order valence-corrected chi connectivity index (χ3v) is 3.41. The summed E-state index contributed by atoms with van der Waals surface area (Å²) in [7, 11) is 0. The van der Waals surface area contributed by atoms with Crippen molar-refractivity contribution >= 4 is 11.6 Å². The van der Waals surface area contributed by atoms with E-state index >= 15 is 0 Å². The number of hydrogen-bond donors (Lipinski definition) is 1. The third kappa shape index (κ3) is 4.67. The van der Waals surface area contributed by atoms with Crippen LogP contribution in [0.15, 0.2) is 24.3 Å². The van der Waals surface area contributed by atoms with Gasteiger partial charge in [0, 0.05) is 5.69 Å². The summed E-state index contributed by atoms with van der Waals surface area (Å²) in [5.74, 6) is -0.00680. The van der Waals surface area contributed by atoms with Crippen LogP contribution in [0.1, 0.15) is 39.2 Å². The number of amides is 1. The van der Waals surface area contributed by atoms with Crippen LogP contribution in [0.2, 0.25) is 0 Å². The Hall–Kier alpha value is -1.86. The lowest BCUT2D eigenvalue weighted by atomic mass is 10.2. The van der Waals surface area contributed by atoms with Crippen molar-refractivity contribution in [3.8, 4) is 6.07 Å². The quantitative estimate of drug-likeness (QED) is 0.831. The van der Waals surface area contributed by atoms with E-state index in [0.717, 1.165) is 31.6 Å². The second kappa shape index (κ2) is 8.34. The number of nitriles is 1. The van der Waals surface area contributed by atoms with Crippen molar-refractivity contribution in [2.75, 3.05) is 18.4 Å². The number of nitrogens with one attached hydrogen (secondary N) is 1. The maximum absolute atomic E-state index is 12.2. The van der Waals surface area contributed by atoms with Gasteiger partial charge in [0.2, 0.25) is 5.91 Å². The number of hydrogen-bond acceptors (Lipinski definition) is 3. The van der Waals surface area contributed by atoms with Gasteiger partial charge in [0.15, 0.2) is 0 Å². The highest BCUT2D eigenvalue weighted by atomic mass is 16.2. The van der Waals surface area contributed by atoms with Gasteiger partial charge in [0.1, 0.15) is 0 Å². The predicted molar refractivity (Wildman–Crippen MR) is 81.4 cm³/mol. The maximum Gasteiger partial charge on any atom is 0.241 e. The molecule has 1 amide bonds. The van der Waals surface area contributed by atoms with Crippen LogP contribution in [0.25, 0.3) is 0 Å². The van der Waals surface area contributed by atoms with E-state index < -0.39 is 0 Å². The molecule has 20 heavy (non-hydrogen) atoms. The second-order valence-corrected chi connectivity index (χ2v) is 4.84. The normalized spacial score (nSPS) is 11.9. The van der Waals surface area contributed by atoms with Crippen molar-refractivity contribution < 1.29 is 4.79 Å². The first kappa shape index (κ1) is 16.2. The third-order valence-electron chi connectivity index (χ3n) is 3.41. The Morgan fingerprint density at radius 1 is 1.35 bits per heavy atom. The van der Waals surface area contributed by atoms with E-state index in [0.29, 0.717) is 5.56 Å². The number of benzene rings is 1. The van der Waals surface area contributed by atoms with Gasteiger partial charge < -0.3 is 5.32 Å². The molecule has 1 aromatic rings. The summed E-state index contributed by atoms with van der Waals surface area (Å²) in [4.78, 5) is 14.4. The number of nitrogens with zero attached hydrogens (tertiary/aromatic N) is 2. The summed E-state index contributed by atoms with van der Waals surface area (Å²) < 4.78 is 0. The topological polar surface area (TPSA) is 56.1 Å². The van der Waals surface area contributed by atoms with E-state index in [1.165, 1.54) is 0 Å². The van der Waals surface area contributed by atoms with E-state index in [2.05, 4.69) is 30.1 Å². The highest BCUT2D eigenvalue weighted by Gasteiger charge is 2.19. The molecule has 4 nitrogen and oxygen atoms in total. The second-order valence-electron chi connectivity index (χ2n) is 4.84. The molecule has 0 aliphatic rings. The minimum Gasteiger partial charge on any atom is -0.325 e. The zero-order chi connectivity index (χ0) is 15.0. The summed E-state index contributed by atoms with van der Waals surface area (Å²) in [6, 6.07) is 8.83. The van der Waals surface area contributed by atoms with Crippen molar-refractivity contribution in [2.45, 2.75) is 39.7 Å². The van der Waals surface area contributed by atoms with Crippen LogP contribution in [0.4, 0.5) is 5.69 Å². The largest absolute Gasteiger partial charge is 0.325 e. The van der Waals surface area contributed by atoms with E-state index in [-0.39, 0.29) is 11.9 Å². The van der Waals surface area contributed by atoms with Gasteiger partial charge in [-0.15, -0.1) is 0 Å². The SMILES string of the molecule is CCCCN(CC)C(C)C(=O)Nc1ccc(C#N)cc1. The molecule has 0 saturated heterocycles. The average Bonchev–Trinajstić information content (AvgIpc) is 2.48. The summed E-state index contributed by atoms with van der Waals surface area (Å²) in [5, 5.41) is 11.6. The lowest BCUT2D eigenvalue weighted by Gasteiger charge is -2.26. The fourth-order valence-electron chi connectivity index (χ4n) is 2.03. The molecule has 0 saturated carbocycles. The van der Waals surface area contributed by atoms with Gasteiger partial charge in [0.05, 0.1) is 17.7 Å². The van der Waals surface area contributed by atoms with Crippen LogP contribution in [0.5, 0.6) is 0 Å². The van der Waals surface area contributed by atoms with Crippen molar-refractivity contribution in [3.63, 3.8) is 0 Å².